The number of carbonyl (C=O) groups excluding carboxylic acids is 1. The molecule has 0 aliphatic carbocycles. The van der Waals surface area contributed by atoms with Gasteiger partial charge in [-0.15, -0.1) is 11.3 Å². The highest BCUT2D eigenvalue weighted by Crippen LogP contribution is 2.30. The van der Waals surface area contributed by atoms with Crippen LogP contribution in [0.15, 0.2) is 41.8 Å². The minimum absolute atomic E-state index is 0.200. The van der Waals surface area contributed by atoms with E-state index in [2.05, 4.69) is 15.5 Å². The van der Waals surface area contributed by atoms with Crippen LogP contribution in [-0.4, -0.2) is 30.3 Å². The van der Waals surface area contributed by atoms with Crippen LogP contribution in [0.5, 0.6) is 11.5 Å². The van der Waals surface area contributed by atoms with Crippen molar-refractivity contribution in [2.75, 3.05) is 14.2 Å². The molecule has 0 radical (unpaired) electrons. The molecular formula is C18H19N3O3S. The van der Waals surface area contributed by atoms with Crippen LogP contribution in [0.3, 0.4) is 0 Å². The number of hydrogen-bond acceptors (Lipinski definition) is 5. The highest BCUT2D eigenvalue weighted by molar-refractivity contribution is 7.13. The Labute approximate surface area is 149 Å². The molecule has 1 amide bonds. The lowest BCUT2D eigenvalue weighted by Gasteiger charge is -2.16. The van der Waals surface area contributed by atoms with Gasteiger partial charge in [-0.1, -0.05) is 12.1 Å². The van der Waals surface area contributed by atoms with E-state index >= 15 is 0 Å². The SMILES string of the molecule is COc1ccc(C(C)NC(=O)c2cc(-c3cccs3)[nH]n2)cc1OC. The zero-order valence-electron chi connectivity index (χ0n) is 14.2. The Morgan fingerprint density at radius 2 is 2.00 bits per heavy atom. The van der Waals surface area contributed by atoms with Crippen molar-refractivity contribution in [3.05, 3.63) is 53.0 Å². The second-order valence-corrected chi connectivity index (χ2v) is 6.40. The Kier molecular flexibility index (Phi) is 5.04. The molecule has 7 heteroatoms. The Morgan fingerprint density at radius 3 is 2.68 bits per heavy atom. The summed E-state index contributed by atoms with van der Waals surface area (Å²) >= 11 is 1.59. The van der Waals surface area contributed by atoms with Crippen molar-refractivity contribution in [1.82, 2.24) is 15.5 Å². The first-order chi connectivity index (χ1) is 12.1. The number of carbonyl (C=O) groups is 1. The molecule has 2 N–H and O–H groups in total. The van der Waals surface area contributed by atoms with E-state index in [1.54, 1.807) is 31.6 Å². The molecule has 1 unspecified atom stereocenters. The number of aromatic nitrogens is 2. The second kappa shape index (κ2) is 7.40. The first kappa shape index (κ1) is 17.0. The van der Waals surface area contributed by atoms with E-state index in [0.717, 1.165) is 16.1 Å². The minimum atomic E-state index is -0.235. The first-order valence-corrected chi connectivity index (χ1v) is 8.62. The van der Waals surface area contributed by atoms with Crippen LogP contribution >= 0.6 is 11.3 Å². The van der Waals surface area contributed by atoms with Crippen LogP contribution in [0.1, 0.15) is 29.0 Å². The minimum Gasteiger partial charge on any atom is -0.493 e. The van der Waals surface area contributed by atoms with Crippen LogP contribution in [0.2, 0.25) is 0 Å². The summed E-state index contributed by atoms with van der Waals surface area (Å²) in [5.41, 5.74) is 2.11. The van der Waals surface area contributed by atoms with Gasteiger partial charge in [-0.2, -0.15) is 5.10 Å². The molecule has 1 aromatic carbocycles. The van der Waals surface area contributed by atoms with Crippen molar-refractivity contribution in [3.8, 4) is 22.1 Å². The van der Waals surface area contributed by atoms with Gasteiger partial charge in [0, 0.05) is 0 Å². The second-order valence-electron chi connectivity index (χ2n) is 5.45. The number of nitrogens with one attached hydrogen (secondary N) is 2. The molecule has 0 spiro atoms. The Balaban J connectivity index is 1.72. The standard InChI is InChI=1S/C18H19N3O3S/c1-11(12-6-7-15(23-2)16(9-12)24-3)19-18(22)14-10-13(20-21-14)17-5-4-8-25-17/h4-11H,1-3H3,(H,19,22)(H,20,21). The molecule has 0 fully saturated rings. The maximum absolute atomic E-state index is 12.4. The van der Waals surface area contributed by atoms with Gasteiger partial charge in [0.25, 0.3) is 5.91 Å². The lowest BCUT2D eigenvalue weighted by atomic mass is 10.1. The fourth-order valence-corrected chi connectivity index (χ4v) is 3.16. The summed E-state index contributed by atoms with van der Waals surface area (Å²) in [6.45, 7) is 1.91. The number of hydrogen-bond donors (Lipinski definition) is 2. The van der Waals surface area contributed by atoms with E-state index in [4.69, 9.17) is 9.47 Å². The zero-order chi connectivity index (χ0) is 17.8. The van der Waals surface area contributed by atoms with Crippen molar-refractivity contribution in [1.29, 1.82) is 0 Å². The van der Waals surface area contributed by atoms with Gasteiger partial charge in [0.1, 0.15) is 0 Å². The molecule has 6 nitrogen and oxygen atoms in total. The molecule has 3 aromatic rings. The van der Waals surface area contributed by atoms with E-state index in [0.29, 0.717) is 17.2 Å². The van der Waals surface area contributed by atoms with E-state index in [9.17, 15) is 4.79 Å². The van der Waals surface area contributed by atoms with Crippen LogP contribution in [0.25, 0.3) is 10.6 Å². The van der Waals surface area contributed by atoms with Crippen molar-refractivity contribution in [2.24, 2.45) is 0 Å². The topological polar surface area (TPSA) is 76.2 Å². The molecule has 0 saturated heterocycles. The summed E-state index contributed by atoms with van der Waals surface area (Å²) in [4.78, 5) is 13.5. The molecule has 3 rings (SSSR count). The number of ether oxygens (including phenoxy) is 2. The number of aromatic amines is 1. The lowest BCUT2D eigenvalue weighted by Crippen LogP contribution is -2.27. The zero-order valence-corrected chi connectivity index (χ0v) is 15.0. The summed E-state index contributed by atoms with van der Waals surface area (Å²) in [7, 11) is 3.17. The number of nitrogens with zero attached hydrogens (tertiary/aromatic N) is 1. The Bertz CT molecular complexity index is 858. The summed E-state index contributed by atoms with van der Waals surface area (Å²) in [5, 5.41) is 11.9. The molecule has 0 saturated carbocycles. The van der Waals surface area contributed by atoms with Gasteiger partial charge in [0.15, 0.2) is 17.2 Å². The monoisotopic (exact) mass is 357 g/mol. The fourth-order valence-electron chi connectivity index (χ4n) is 2.47. The van der Waals surface area contributed by atoms with Gasteiger partial charge in [-0.25, -0.2) is 0 Å². The van der Waals surface area contributed by atoms with Crippen LogP contribution in [-0.2, 0) is 0 Å². The third-order valence-electron chi connectivity index (χ3n) is 3.85. The predicted octanol–water partition coefficient (Wildman–Crippen LogP) is 3.65. The van der Waals surface area contributed by atoms with Crippen molar-refractivity contribution in [3.63, 3.8) is 0 Å². The molecule has 2 aromatic heterocycles. The maximum Gasteiger partial charge on any atom is 0.272 e. The molecular weight excluding hydrogens is 338 g/mol. The summed E-state index contributed by atoms with van der Waals surface area (Å²) in [6, 6.07) is 11.1. The Hall–Kier alpha value is -2.80. The molecule has 0 bridgehead atoms. The van der Waals surface area contributed by atoms with Crippen molar-refractivity contribution >= 4 is 17.2 Å². The average molecular weight is 357 g/mol. The quantitative estimate of drug-likeness (QED) is 0.706. The van der Waals surface area contributed by atoms with Crippen LogP contribution in [0, 0.1) is 0 Å². The normalized spacial score (nSPS) is 11.8. The molecule has 2 heterocycles. The van der Waals surface area contributed by atoms with Crippen molar-refractivity contribution in [2.45, 2.75) is 13.0 Å². The first-order valence-electron chi connectivity index (χ1n) is 7.74. The molecule has 130 valence electrons. The van der Waals surface area contributed by atoms with Crippen LogP contribution in [0.4, 0.5) is 0 Å². The molecule has 0 aliphatic heterocycles. The number of rotatable bonds is 6. The van der Waals surface area contributed by atoms with Gasteiger partial charge < -0.3 is 14.8 Å². The van der Waals surface area contributed by atoms with E-state index in [-0.39, 0.29) is 11.9 Å². The third kappa shape index (κ3) is 3.66. The van der Waals surface area contributed by atoms with E-state index in [1.807, 2.05) is 42.6 Å². The Morgan fingerprint density at radius 1 is 1.20 bits per heavy atom. The lowest BCUT2D eigenvalue weighted by molar-refractivity contribution is 0.0934. The van der Waals surface area contributed by atoms with Gasteiger partial charge in [-0.05, 0) is 42.1 Å². The van der Waals surface area contributed by atoms with Gasteiger partial charge in [0.05, 0.1) is 30.8 Å². The summed E-state index contributed by atoms with van der Waals surface area (Å²) in [5.74, 6) is 1.04. The average Bonchev–Trinajstić information content (AvgIpc) is 3.32. The van der Waals surface area contributed by atoms with E-state index < -0.39 is 0 Å². The van der Waals surface area contributed by atoms with Crippen LogP contribution < -0.4 is 14.8 Å². The third-order valence-corrected chi connectivity index (χ3v) is 4.76. The predicted molar refractivity (Wildman–Crippen MR) is 97.3 cm³/mol. The molecule has 1 atom stereocenters. The maximum atomic E-state index is 12.4. The van der Waals surface area contributed by atoms with E-state index in [1.165, 1.54) is 0 Å². The highest BCUT2D eigenvalue weighted by atomic mass is 32.1. The number of methoxy groups -OCH3 is 2. The van der Waals surface area contributed by atoms with Gasteiger partial charge in [0.2, 0.25) is 0 Å². The van der Waals surface area contributed by atoms with Gasteiger partial charge in [-0.3, -0.25) is 9.89 Å². The number of amides is 1. The molecule has 25 heavy (non-hydrogen) atoms. The number of thiophene rings is 1. The number of H-pyrrole nitrogens is 1. The fraction of sp³-hybridized carbons (Fsp3) is 0.222. The number of benzene rings is 1. The summed E-state index contributed by atoms with van der Waals surface area (Å²) < 4.78 is 10.5. The molecule has 0 aliphatic rings. The smallest absolute Gasteiger partial charge is 0.272 e. The summed E-state index contributed by atoms with van der Waals surface area (Å²) in [6.07, 6.45) is 0. The van der Waals surface area contributed by atoms with Crippen molar-refractivity contribution < 1.29 is 14.3 Å². The highest BCUT2D eigenvalue weighted by Gasteiger charge is 2.16. The van der Waals surface area contributed by atoms with Gasteiger partial charge >= 0.3 is 0 Å². The largest absolute Gasteiger partial charge is 0.493 e.